The third-order valence-electron chi connectivity index (χ3n) is 5.10. The van der Waals surface area contributed by atoms with Gasteiger partial charge in [-0.15, -0.1) is 0 Å². The fourth-order valence-electron chi connectivity index (χ4n) is 3.68. The van der Waals surface area contributed by atoms with Gasteiger partial charge in [0.2, 0.25) is 0 Å². The number of benzene rings is 3. The molecule has 1 heterocycles. The van der Waals surface area contributed by atoms with Crippen LogP contribution in [0.15, 0.2) is 89.1 Å². The van der Waals surface area contributed by atoms with Crippen LogP contribution in [0, 0.1) is 0 Å². The zero-order valence-electron chi connectivity index (χ0n) is 15.9. The van der Waals surface area contributed by atoms with Crippen LogP contribution in [0.5, 0.6) is 5.75 Å². The third-order valence-corrected chi connectivity index (χ3v) is 5.82. The van der Waals surface area contributed by atoms with E-state index in [0.29, 0.717) is 12.1 Å². The zero-order valence-corrected chi connectivity index (χ0v) is 17.5. The fraction of sp³-hybridized carbons (Fsp3) is 0.125. The Morgan fingerprint density at radius 2 is 1.62 bits per heavy atom. The van der Waals surface area contributed by atoms with Crippen LogP contribution in [0.25, 0.3) is 5.57 Å². The van der Waals surface area contributed by atoms with Crippen molar-refractivity contribution in [3.05, 3.63) is 106 Å². The summed E-state index contributed by atoms with van der Waals surface area (Å²) >= 11 is 3.62. The van der Waals surface area contributed by atoms with Crippen molar-refractivity contribution in [2.24, 2.45) is 0 Å². The van der Waals surface area contributed by atoms with Gasteiger partial charge in [0.1, 0.15) is 5.75 Å². The van der Waals surface area contributed by atoms with Gasteiger partial charge in [0.25, 0.3) is 5.91 Å². The van der Waals surface area contributed by atoms with E-state index in [0.717, 1.165) is 26.9 Å². The second kappa shape index (κ2) is 8.13. The van der Waals surface area contributed by atoms with Crippen LogP contribution < -0.4 is 4.74 Å². The van der Waals surface area contributed by atoms with Crippen molar-refractivity contribution >= 4 is 27.4 Å². The van der Waals surface area contributed by atoms with Gasteiger partial charge in [0.05, 0.1) is 13.2 Å². The number of aliphatic hydroxyl groups is 1. The Kier molecular flexibility index (Phi) is 5.41. The van der Waals surface area contributed by atoms with Gasteiger partial charge in [-0.1, -0.05) is 76.6 Å². The second-order valence-electron chi connectivity index (χ2n) is 6.83. The van der Waals surface area contributed by atoms with E-state index in [-0.39, 0.29) is 11.7 Å². The first-order chi connectivity index (χ1) is 14.1. The lowest BCUT2D eigenvalue weighted by Crippen LogP contribution is -2.30. The predicted molar refractivity (Wildman–Crippen MR) is 116 cm³/mol. The molecule has 146 valence electrons. The van der Waals surface area contributed by atoms with Gasteiger partial charge in [0, 0.05) is 16.6 Å². The number of aliphatic hydroxyl groups excluding tert-OH is 1. The van der Waals surface area contributed by atoms with Crippen molar-refractivity contribution in [3.63, 3.8) is 0 Å². The number of methoxy groups -OCH3 is 1. The van der Waals surface area contributed by atoms with Crippen molar-refractivity contribution in [3.8, 4) is 5.75 Å². The molecule has 1 aliphatic heterocycles. The molecule has 0 saturated carbocycles. The lowest BCUT2D eigenvalue weighted by Gasteiger charge is -2.28. The fourth-order valence-corrected chi connectivity index (χ4v) is 4.18. The van der Waals surface area contributed by atoms with Crippen LogP contribution in [0.4, 0.5) is 0 Å². The summed E-state index contributed by atoms with van der Waals surface area (Å²) < 4.78 is 6.11. The molecule has 0 unspecified atom stereocenters. The molecule has 1 aliphatic rings. The first-order valence-corrected chi connectivity index (χ1v) is 10.1. The summed E-state index contributed by atoms with van der Waals surface area (Å²) in [4.78, 5) is 14.8. The highest BCUT2D eigenvalue weighted by molar-refractivity contribution is 9.10. The molecule has 0 spiro atoms. The van der Waals surface area contributed by atoms with E-state index in [2.05, 4.69) is 15.9 Å². The van der Waals surface area contributed by atoms with Gasteiger partial charge in [-0.2, -0.15) is 0 Å². The Morgan fingerprint density at radius 1 is 0.966 bits per heavy atom. The largest absolute Gasteiger partial charge is 0.503 e. The molecule has 1 atom stereocenters. The quantitative estimate of drug-likeness (QED) is 0.558. The van der Waals surface area contributed by atoms with Crippen LogP contribution in [-0.2, 0) is 11.3 Å². The minimum Gasteiger partial charge on any atom is -0.503 e. The summed E-state index contributed by atoms with van der Waals surface area (Å²) in [7, 11) is 1.62. The van der Waals surface area contributed by atoms with E-state index < -0.39 is 6.04 Å². The average Bonchev–Trinajstić information content (AvgIpc) is 3.00. The van der Waals surface area contributed by atoms with Gasteiger partial charge in [-0.25, -0.2) is 0 Å². The van der Waals surface area contributed by atoms with Crippen LogP contribution in [0.2, 0.25) is 0 Å². The molecule has 0 bridgehead atoms. The maximum Gasteiger partial charge on any atom is 0.290 e. The van der Waals surface area contributed by atoms with Gasteiger partial charge in [-0.05, 0) is 34.9 Å². The number of carbonyl (C=O) groups excluding carboxylic acids is 1. The van der Waals surface area contributed by atoms with Crippen LogP contribution in [0.3, 0.4) is 0 Å². The molecule has 4 nitrogen and oxygen atoms in total. The summed E-state index contributed by atoms with van der Waals surface area (Å²) in [6, 6.07) is 24.6. The molecule has 4 rings (SSSR count). The molecule has 1 amide bonds. The van der Waals surface area contributed by atoms with Crippen molar-refractivity contribution in [1.29, 1.82) is 0 Å². The van der Waals surface area contributed by atoms with Crippen molar-refractivity contribution < 1.29 is 14.6 Å². The molecule has 0 radical (unpaired) electrons. The second-order valence-corrected chi connectivity index (χ2v) is 7.69. The smallest absolute Gasteiger partial charge is 0.290 e. The minimum absolute atomic E-state index is 0.203. The van der Waals surface area contributed by atoms with E-state index in [1.165, 1.54) is 0 Å². The normalized spacial score (nSPS) is 16.4. The zero-order chi connectivity index (χ0) is 20.4. The summed E-state index contributed by atoms with van der Waals surface area (Å²) in [6.07, 6.45) is 0. The standard InChI is InChI=1S/C24H20BrNO3/c1-29-18-13-11-16(12-14-18)15-26-22(19-9-5-6-10-20(19)25)21(23(27)24(26)28)17-7-3-2-4-8-17/h2-14,22,27H,15H2,1H3/t22-/m1/s1. The minimum atomic E-state index is -0.400. The van der Waals surface area contributed by atoms with Gasteiger partial charge < -0.3 is 14.7 Å². The molecule has 0 aromatic heterocycles. The maximum atomic E-state index is 13.1. The number of ether oxygens (including phenoxy) is 1. The number of carbonyl (C=O) groups is 1. The first-order valence-electron chi connectivity index (χ1n) is 9.27. The van der Waals surface area contributed by atoms with E-state index in [1.807, 2.05) is 78.9 Å². The third kappa shape index (κ3) is 3.66. The lowest BCUT2D eigenvalue weighted by atomic mass is 9.93. The molecular weight excluding hydrogens is 430 g/mol. The average molecular weight is 450 g/mol. The van der Waals surface area contributed by atoms with E-state index in [1.54, 1.807) is 12.0 Å². The van der Waals surface area contributed by atoms with Crippen LogP contribution in [0.1, 0.15) is 22.7 Å². The van der Waals surface area contributed by atoms with Gasteiger partial charge in [0.15, 0.2) is 5.76 Å². The highest BCUT2D eigenvalue weighted by Gasteiger charge is 2.41. The maximum absolute atomic E-state index is 13.1. The molecule has 1 N–H and O–H groups in total. The lowest BCUT2D eigenvalue weighted by molar-refractivity contribution is -0.130. The number of rotatable bonds is 5. The van der Waals surface area contributed by atoms with Crippen molar-refractivity contribution in [2.75, 3.05) is 7.11 Å². The van der Waals surface area contributed by atoms with Crippen molar-refractivity contribution in [2.45, 2.75) is 12.6 Å². The first kappa shape index (κ1) is 19.3. The molecule has 3 aromatic rings. The number of nitrogens with zero attached hydrogens (tertiary/aromatic N) is 1. The predicted octanol–water partition coefficient (Wildman–Crippen LogP) is 5.51. The van der Waals surface area contributed by atoms with Gasteiger partial charge in [-0.3, -0.25) is 4.79 Å². The number of hydrogen-bond donors (Lipinski definition) is 1. The highest BCUT2D eigenvalue weighted by Crippen LogP contribution is 2.45. The number of hydrogen-bond acceptors (Lipinski definition) is 3. The topological polar surface area (TPSA) is 49.8 Å². The Bertz CT molecular complexity index is 1060. The summed E-state index contributed by atoms with van der Waals surface area (Å²) in [5, 5.41) is 10.8. The van der Waals surface area contributed by atoms with Crippen molar-refractivity contribution in [1.82, 2.24) is 4.90 Å². The summed E-state index contributed by atoms with van der Waals surface area (Å²) in [5.74, 6) is 0.181. The Morgan fingerprint density at radius 3 is 2.28 bits per heavy atom. The monoisotopic (exact) mass is 449 g/mol. The van der Waals surface area contributed by atoms with E-state index >= 15 is 0 Å². The number of amides is 1. The SMILES string of the molecule is COc1ccc(CN2C(=O)C(O)=C(c3ccccc3)[C@H]2c2ccccc2Br)cc1. The Balaban J connectivity index is 1.79. The number of halogens is 1. The molecule has 3 aromatic carbocycles. The van der Waals surface area contributed by atoms with E-state index in [9.17, 15) is 9.90 Å². The molecule has 0 aliphatic carbocycles. The van der Waals surface area contributed by atoms with Gasteiger partial charge >= 0.3 is 0 Å². The molecule has 29 heavy (non-hydrogen) atoms. The van der Waals surface area contributed by atoms with E-state index in [4.69, 9.17) is 4.74 Å². The molecule has 0 saturated heterocycles. The molecule has 5 heteroatoms. The summed E-state index contributed by atoms with van der Waals surface area (Å²) in [5.41, 5.74) is 3.34. The highest BCUT2D eigenvalue weighted by atomic mass is 79.9. The van der Waals surface area contributed by atoms with Crippen LogP contribution in [-0.4, -0.2) is 23.0 Å². The Labute approximate surface area is 178 Å². The molecular formula is C24H20BrNO3. The Hall–Kier alpha value is -3.05. The summed E-state index contributed by atoms with van der Waals surface area (Å²) in [6.45, 7) is 0.370. The van der Waals surface area contributed by atoms with Crippen LogP contribution >= 0.6 is 15.9 Å². The molecule has 0 fully saturated rings.